The second-order valence-corrected chi connectivity index (χ2v) is 5.81. The molecule has 1 aromatic carbocycles. The summed E-state index contributed by atoms with van der Waals surface area (Å²) < 4.78 is 5.61. The summed E-state index contributed by atoms with van der Waals surface area (Å²) in [5.74, 6) is 1.14. The molecule has 4 heteroatoms. The van der Waals surface area contributed by atoms with Crippen molar-refractivity contribution in [3.8, 4) is 5.75 Å². The summed E-state index contributed by atoms with van der Waals surface area (Å²) >= 11 is 5.82. The van der Waals surface area contributed by atoms with E-state index in [0.717, 1.165) is 13.0 Å². The Kier molecular flexibility index (Phi) is 8.21. The quantitative estimate of drug-likeness (QED) is 0.732. The molecule has 0 aromatic heterocycles. The van der Waals surface area contributed by atoms with E-state index in [2.05, 4.69) is 19.2 Å². The molecule has 118 valence electrons. The van der Waals surface area contributed by atoms with Crippen molar-refractivity contribution in [1.29, 1.82) is 0 Å². The predicted octanol–water partition coefficient (Wildman–Crippen LogP) is 4.44. The van der Waals surface area contributed by atoms with Crippen LogP contribution < -0.4 is 10.1 Å². The van der Waals surface area contributed by atoms with Gasteiger partial charge in [0, 0.05) is 11.6 Å². The molecule has 0 unspecified atom stereocenters. The molecule has 21 heavy (non-hydrogen) atoms. The molecule has 3 nitrogen and oxygen atoms in total. The van der Waals surface area contributed by atoms with Gasteiger partial charge in [0.25, 0.3) is 5.91 Å². The van der Waals surface area contributed by atoms with E-state index in [1.54, 1.807) is 31.2 Å². The van der Waals surface area contributed by atoms with Crippen LogP contribution in [0.5, 0.6) is 5.75 Å². The van der Waals surface area contributed by atoms with E-state index >= 15 is 0 Å². The van der Waals surface area contributed by atoms with Crippen LogP contribution in [0, 0.1) is 5.92 Å². The van der Waals surface area contributed by atoms with Crippen LogP contribution in [-0.4, -0.2) is 18.6 Å². The fraction of sp³-hybridized carbons (Fsp3) is 0.588. The van der Waals surface area contributed by atoms with E-state index in [1.165, 1.54) is 19.3 Å². The van der Waals surface area contributed by atoms with Crippen molar-refractivity contribution in [2.75, 3.05) is 6.54 Å². The van der Waals surface area contributed by atoms with Crippen LogP contribution in [0.4, 0.5) is 0 Å². The van der Waals surface area contributed by atoms with Crippen LogP contribution in [0.2, 0.25) is 5.02 Å². The summed E-state index contributed by atoms with van der Waals surface area (Å²) in [6.45, 7) is 6.84. The number of carbonyl (C=O) groups is 1. The molecule has 1 N–H and O–H groups in total. The second-order valence-electron chi connectivity index (χ2n) is 5.38. The molecule has 0 saturated heterocycles. The van der Waals surface area contributed by atoms with Crippen LogP contribution in [-0.2, 0) is 4.79 Å². The Labute approximate surface area is 133 Å². The average Bonchev–Trinajstić information content (AvgIpc) is 2.49. The molecule has 0 heterocycles. The van der Waals surface area contributed by atoms with E-state index in [0.29, 0.717) is 16.7 Å². The van der Waals surface area contributed by atoms with Gasteiger partial charge in [0.2, 0.25) is 0 Å². The van der Waals surface area contributed by atoms with Gasteiger partial charge in [-0.25, -0.2) is 0 Å². The van der Waals surface area contributed by atoms with Crippen LogP contribution >= 0.6 is 11.6 Å². The Morgan fingerprint density at radius 1 is 1.29 bits per heavy atom. The number of benzene rings is 1. The Morgan fingerprint density at radius 3 is 2.52 bits per heavy atom. The van der Waals surface area contributed by atoms with Gasteiger partial charge in [0.1, 0.15) is 5.75 Å². The first-order valence-corrected chi connectivity index (χ1v) is 8.14. The van der Waals surface area contributed by atoms with E-state index < -0.39 is 6.10 Å². The Balaban J connectivity index is 2.38. The van der Waals surface area contributed by atoms with Crippen LogP contribution in [0.25, 0.3) is 0 Å². The molecular formula is C17H26ClNO2. The SMILES string of the molecule is CCCC[C@@H](CC)CNC(=O)[C@@H](C)Oc1ccc(Cl)cc1. The molecule has 0 aliphatic rings. The molecule has 0 bridgehead atoms. The van der Waals surface area contributed by atoms with Crippen molar-refractivity contribution in [3.05, 3.63) is 29.3 Å². The van der Waals surface area contributed by atoms with E-state index in [4.69, 9.17) is 16.3 Å². The summed E-state index contributed by atoms with van der Waals surface area (Å²) in [5, 5.41) is 3.64. The fourth-order valence-electron chi connectivity index (χ4n) is 2.10. The number of hydrogen-bond donors (Lipinski definition) is 1. The fourth-order valence-corrected chi connectivity index (χ4v) is 2.23. The lowest BCUT2D eigenvalue weighted by Crippen LogP contribution is -2.38. The smallest absolute Gasteiger partial charge is 0.260 e. The Hall–Kier alpha value is -1.22. The number of amides is 1. The van der Waals surface area contributed by atoms with Gasteiger partial charge in [-0.05, 0) is 43.5 Å². The van der Waals surface area contributed by atoms with Gasteiger partial charge in [0.05, 0.1) is 0 Å². The summed E-state index contributed by atoms with van der Waals surface area (Å²) in [4.78, 5) is 12.0. The highest BCUT2D eigenvalue weighted by molar-refractivity contribution is 6.30. The highest BCUT2D eigenvalue weighted by Gasteiger charge is 2.16. The Bertz CT molecular complexity index is 419. The molecule has 1 amide bonds. The molecule has 0 aliphatic carbocycles. The Morgan fingerprint density at radius 2 is 1.95 bits per heavy atom. The summed E-state index contributed by atoms with van der Waals surface area (Å²) in [5.41, 5.74) is 0. The molecule has 2 atom stereocenters. The van der Waals surface area contributed by atoms with Gasteiger partial charge in [-0.15, -0.1) is 0 Å². The highest BCUT2D eigenvalue weighted by atomic mass is 35.5. The van der Waals surface area contributed by atoms with E-state index in [9.17, 15) is 4.79 Å². The lowest BCUT2D eigenvalue weighted by Gasteiger charge is -2.18. The third-order valence-corrected chi connectivity index (χ3v) is 3.86. The third kappa shape index (κ3) is 6.85. The van der Waals surface area contributed by atoms with Crippen molar-refractivity contribution in [2.24, 2.45) is 5.92 Å². The number of rotatable bonds is 9. The zero-order valence-electron chi connectivity index (χ0n) is 13.2. The lowest BCUT2D eigenvalue weighted by molar-refractivity contribution is -0.127. The number of hydrogen-bond acceptors (Lipinski definition) is 2. The average molecular weight is 312 g/mol. The maximum Gasteiger partial charge on any atom is 0.260 e. The van der Waals surface area contributed by atoms with Gasteiger partial charge in [-0.3, -0.25) is 4.79 Å². The zero-order valence-corrected chi connectivity index (χ0v) is 14.0. The first kappa shape index (κ1) is 17.8. The standard InChI is InChI=1S/C17H26ClNO2/c1-4-6-7-14(5-2)12-19-17(20)13(3)21-16-10-8-15(18)9-11-16/h8-11,13-14H,4-7,12H2,1-3H3,(H,19,20)/t13-,14-/m1/s1. The van der Waals surface area contributed by atoms with Crippen molar-refractivity contribution >= 4 is 17.5 Å². The van der Waals surface area contributed by atoms with Crippen LogP contribution in [0.15, 0.2) is 24.3 Å². The van der Waals surface area contributed by atoms with Gasteiger partial charge >= 0.3 is 0 Å². The summed E-state index contributed by atoms with van der Waals surface area (Å²) in [6, 6.07) is 7.03. The zero-order chi connectivity index (χ0) is 15.7. The number of nitrogens with one attached hydrogen (secondary N) is 1. The maximum atomic E-state index is 12.0. The van der Waals surface area contributed by atoms with Gasteiger partial charge in [0.15, 0.2) is 6.10 Å². The van der Waals surface area contributed by atoms with Crippen LogP contribution in [0.1, 0.15) is 46.5 Å². The number of ether oxygens (including phenoxy) is 1. The summed E-state index contributed by atoms with van der Waals surface area (Å²) in [7, 11) is 0. The molecule has 1 aromatic rings. The highest BCUT2D eigenvalue weighted by Crippen LogP contribution is 2.17. The van der Waals surface area contributed by atoms with Gasteiger partial charge in [-0.2, -0.15) is 0 Å². The minimum atomic E-state index is -0.505. The normalized spacial score (nSPS) is 13.5. The number of halogens is 1. The molecule has 0 saturated carbocycles. The molecule has 1 rings (SSSR count). The minimum absolute atomic E-state index is 0.0695. The second kappa shape index (κ2) is 9.67. The maximum absolute atomic E-state index is 12.0. The van der Waals surface area contributed by atoms with E-state index in [-0.39, 0.29) is 5.91 Å². The molecule has 0 spiro atoms. The monoisotopic (exact) mass is 311 g/mol. The first-order valence-electron chi connectivity index (χ1n) is 7.76. The van der Waals surface area contributed by atoms with Gasteiger partial charge in [-0.1, -0.05) is 44.7 Å². The molecular weight excluding hydrogens is 286 g/mol. The van der Waals surface area contributed by atoms with Crippen molar-refractivity contribution < 1.29 is 9.53 Å². The first-order chi connectivity index (χ1) is 10.1. The lowest BCUT2D eigenvalue weighted by atomic mass is 9.99. The largest absolute Gasteiger partial charge is 0.481 e. The topological polar surface area (TPSA) is 38.3 Å². The predicted molar refractivity (Wildman–Crippen MR) is 87.9 cm³/mol. The number of carbonyl (C=O) groups excluding carboxylic acids is 1. The van der Waals surface area contributed by atoms with Crippen molar-refractivity contribution in [1.82, 2.24) is 5.32 Å². The molecule has 0 aliphatic heterocycles. The van der Waals surface area contributed by atoms with Crippen molar-refractivity contribution in [2.45, 2.75) is 52.6 Å². The van der Waals surface area contributed by atoms with Crippen molar-refractivity contribution in [3.63, 3.8) is 0 Å². The number of unbranched alkanes of at least 4 members (excludes halogenated alkanes) is 1. The summed E-state index contributed by atoms with van der Waals surface area (Å²) in [6.07, 6.45) is 4.16. The van der Waals surface area contributed by atoms with E-state index in [1.807, 2.05) is 0 Å². The molecule has 0 radical (unpaired) electrons. The molecule has 0 fully saturated rings. The van der Waals surface area contributed by atoms with Crippen LogP contribution in [0.3, 0.4) is 0 Å². The van der Waals surface area contributed by atoms with Gasteiger partial charge < -0.3 is 10.1 Å². The minimum Gasteiger partial charge on any atom is -0.481 e. The third-order valence-electron chi connectivity index (χ3n) is 3.60.